The molecule has 2 N–H and O–H groups in total. The molecular weight excluding hydrogens is 194 g/mol. The van der Waals surface area contributed by atoms with Gasteiger partial charge in [-0.15, -0.1) is 0 Å². The fraction of sp³-hybridized carbons (Fsp3) is 0.700. The minimum atomic E-state index is 0.158. The summed E-state index contributed by atoms with van der Waals surface area (Å²) >= 11 is 0. The zero-order valence-electron chi connectivity index (χ0n) is 8.98. The monoisotopic (exact) mass is 211 g/mol. The maximum atomic E-state index is 5.58. The molecule has 15 heavy (non-hydrogen) atoms. The molecule has 1 atom stereocenters. The molecule has 1 aromatic heterocycles. The standard InChI is InChI=1S/C10H17N3O2/c1-8-10(12-7-15-8)6-13-2-3-14-9(4-11)5-13/h7,9H,2-6,11H2,1H3. The average Bonchev–Trinajstić information content (AvgIpc) is 2.65. The van der Waals surface area contributed by atoms with Gasteiger partial charge < -0.3 is 14.9 Å². The Bertz CT molecular complexity index is 313. The van der Waals surface area contributed by atoms with E-state index in [2.05, 4.69) is 9.88 Å². The third kappa shape index (κ3) is 2.56. The first kappa shape index (κ1) is 10.6. The molecule has 0 aromatic carbocycles. The van der Waals surface area contributed by atoms with E-state index in [1.807, 2.05) is 6.92 Å². The normalized spacial score (nSPS) is 23.2. The van der Waals surface area contributed by atoms with E-state index in [4.69, 9.17) is 14.9 Å². The lowest BCUT2D eigenvalue weighted by Crippen LogP contribution is -2.45. The van der Waals surface area contributed by atoms with Crippen molar-refractivity contribution in [2.45, 2.75) is 19.6 Å². The maximum Gasteiger partial charge on any atom is 0.181 e. The third-order valence-electron chi connectivity index (χ3n) is 2.70. The molecule has 0 radical (unpaired) electrons. The summed E-state index contributed by atoms with van der Waals surface area (Å²) in [4.78, 5) is 6.48. The van der Waals surface area contributed by atoms with E-state index in [9.17, 15) is 0 Å². The molecule has 0 amide bonds. The summed E-state index contributed by atoms with van der Waals surface area (Å²) in [7, 11) is 0. The van der Waals surface area contributed by atoms with Gasteiger partial charge >= 0.3 is 0 Å². The van der Waals surface area contributed by atoms with Gasteiger partial charge in [0.15, 0.2) is 6.39 Å². The number of rotatable bonds is 3. The van der Waals surface area contributed by atoms with Crippen LogP contribution in [0, 0.1) is 6.92 Å². The lowest BCUT2D eigenvalue weighted by Gasteiger charge is -2.31. The van der Waals surface area contributed by atoms with Crippen LogP contribution in [-0.2, 0) is 11.3 Å². The van der Waals surface area contributed by atoms with Crippen molar-refractivity contribution in [3.63, 3.8) is 0 Å². The van der Waals surface area contributed by atoms with Gasteiger partial charge in [-0.05, 0) is 6.92 Å². The van der Waals surface area contributed by atoms with Crippen molar-refractivity contribution >= 4 is 0 Å². The van der Waals surface area contributed by atoms with Gasteiger partial charge in [0.25, 0.3) is 0 Å². The van der Waals surface area contributed by atoms with E-state index in [1.165, 1.54) is 6.39 Å². The lowest BCUT2D eigenvalue weighted by molar-refractivity contribution is -0.0264. The van der Waals surface area contributed by atoms with Gasteiger partial charge in [-0.25, -0.2) is 4.98 Å². The Labute approximate surface area is 89.2 Å². The molecule has 84 valence electrons. The minimum Gasteiger partial charge on any atom is -0.448 e. The number of aryl methyl sites for hydroxylation is 1. The van der Waals surface area contributed by atoms with Crippen LogP contribution < -0.4 is 5.73 Å². The van der Waals surface area contributed by atoms with Crippen molar-refractivity contribution in [3.05, 3.63) is 17.8 Å². The topological polar surface area (TPSA) is 64.5 Å². The highest BCUT2D eigenvalue weighted by atomic mass is 16.5. The number of nitrogens with zero attached hydrogens (tertiary/aromatic N) is 2. The molecule has 0 saturated carbocycles. The Morgan fingerprint density at radius 2 is 2.53 bits per heavy atom. The summed E-state index contributed by atoms with van der Waals surface area (Å²) in [5.41, 5.74) is 6.59. The number of hydrogen-bond acceptors (Lipinski definition) is 5. The summed E-state index contributed by atoms with van der Waals surface area (Å²) in [6.07, 6.45) is 1.65. The molecule has 0 aliphatic carbocycles. The van der Waals surface area contributed by atoms with Crippen molar-refractivity contribution in [1.82, 2.24) is 9.88 Å². The van der Waals surface area contributed by atoms with Crippen LogP contribution in [0.5, 0.6) is 0 Å². The van der Waals surface area contributed by atoms with E-state index in [-0.39, 0.29) is 6.10 Å². The van der Waals surface area contributed by atoms with Gasteiger partial charge in [0.1, 0.15) is 5.76 Å². The summed E-state index contributed by atoms with van der Waals surface area (Å²) in [6.45, 7) is 5.89. The van der Waals surface area contributed by atoms with Gasteiger partial charge in [-0.3, -0.25) is 4.90 Å². The fourth-order valence-corrected chi connectivity index (χ4v) is 1.76. The molecule has 5 nitrogen and oxygen atoms in total. The molecule has 1 aliphatic rings. The van der Waals surface area contributed by atoms with Crippen LogP contribution in [0.1, 0.15) is 11.5 Å². The second kappa shape index (κ2) is 4.74. The summed E-state index contributed by atoms with van der Waals surface area (Å²) in [5, 5.41) is 0. The molecule has 1 saturated heterocycles. The molecule has 1 aliphatic heterocycles. The van der Waals surface area contributed by atoms with Crippen LogP contribution in [-0.4, -0.2) is 42.2 Å². The zero-order valence-corrected chi connectivity index (χ0v) is 8.98. The highest BCUT2D eigenvalue weighted by molar-refractivity contribution is 5.04. The second-order valence-electron chi connectivity index (χ2n) is 3.82. The van der Waals surface area contributed by atoms with Gasteiger partial charge in [0.05, 0.1) is 18.4 Å². The molecule has 1 fully saturated rings. The first-order chi connectivity index (χ1) is 7.29. The van der Waals surface area contributed by atoms with Crippen LogP contribution in [0.25, 0.3) is 0 Å². The number of aromatic nitrogens is 1. The predicted octanol–water partition coefficient (Wildman–Crippen LogP) is 0.143. The second-order valence-corrected chi connectivity index (χ2v) is 3.82. The van der Waals surface area contributed by atoms with E-state index in [0.717, 1.165) is 37.7 Å². The number of ether oxygens (including phenoxy) is 1. The van der Waals surface area contributed by atoms with Crippen LogP contribution in [0.15, 0.2) is 10.8 Å². The SMILES string of the molecule is Cc1ocnc1CN1CCOC(CN)C1. The van der Waals surface area contributed by atoms with Crippen LogP contribution in [0.4, 0.5) is 0 Å². The molecule has 0 bridgehead atoms. The summed E-state index contributed by atoms with van der Waals surface area (Å²) in [6, 6.07) is 0. The van der Waals surface area contributed by atoms with Crippen molar-refractivity contribution < 1.29 is 9.15 Å². The smallest absolute Gasteiger partial charge is 0.181 e. The number of oxazole rings is 1. The molecule has 0 spiro atoms. The van der Waals surface area contributed by atoms with Crippen LogP contribution in [0.3, 0.4) is 0 Å². The number of hydrogen-bond donors (Lipinski definition) is 1. The Kier molecular flexibility index (Phi) is 3.35. The minimum absolute atomic E-state index is 0.158. The van der Waals surface area contributed by atoms with Crippen molar-refractivity contribution in [2.24, 2.45) is 5.73 Å². The molecular formula is C10H17N3O2. The highest BCUT2D eigenvalue weighted by Gasteiger charge is 2.20. The van der Waals surface area contributed by atoms with Gasteiger partial charge in [-0.1, -0.05) is 0 Å². The number of nitrogens with two attached hydrogens (primary N) is 1. The molecule has 2 rings (SSSR count). The molecule has 5 heteroatoms. The van der Waals surface area contributed by atoms with Gasteiger partial charge in [-0.2, -0.15) is 0 Å². The maximum absolute atomic E-state index is 5.58. The highest BCUT2D eigenvalue weighted by Crippen LogP contribution is 2.11. The van der Waals surface area contributed by atoms with E-state index < -0.39 is 0 Å². The van der Waals surface area contributed by atoms with E-state index in [1.54, 1.807) is 0 Å². The third-order valence-corrected chi connectivity index (χ3v) is 2.70. The Morgan fingerprint density at radius 1 is 1.67 bits per heavy atom. The van der Waals surface area contributed by atoms with E-state index >= 15 is 0 Å². The van der Waals surface area contributed by atoms with Crippen LogP contribution in [0.2, 0.25) is 0 Å². The Balaban J connectivity index is 1.92. The summed E-state index contributed by atoms with van der Waals surface area (Å²) < 4.78 is 10.7. The molecule has 1 aromatic rings. The predicted molar refractivity (Wildman–Crippen MR) is 55.3 cm³/mol. The van der Waals surface area contributed by atoms with E-state index in [0.29, 0.717) is 6.54 Å². The van der Waals surface area contributed by atoms with Crippen molar-refractivity contribution in [2.75, 3.05) is 26.2 Å². The Hall–Kier alpha value is -0.910. The van der Waals surface area contributed by atoms with Crippen molar-refractivity contribution in [1.29, 1.82) is 0 Å². The lowest BCUT2D eigenvalue weighted by atomic mass is 10.2. The first-order valence-corrected chi connectivity index (χ1v) is 5.22. The summed E-state index contributed by atoms with van der Waals surface area (Å²) in [5.74, 6) is 0.894. The quantitative estimate of drug-likeness (QED) is 0.770. The number of morpholine rings is 1. The van der Waals surface area contributed by atoms with Crippen LogP contribution >= 0.6 is 0 Å². The fourth-order valence-electron chi connectivity index (χ4n) is 1.76. The first-order valence-electron chi connectivity index (χ1n) is 5.22. The average molecular weight is 211 g/mol. The molecule has 2 heterocycles. The van der Waals surface area contributed by atoms with Gasteiger partial charge in [0.2, 0.25) is 0 Å². The van der Waals surface area contributed by atoms with Gasteiger partial charge in [0, 0.05) is 26.2 Å². The Morgan fingerprint density at radius 3 is 3.20 bits per heavy atom. The van der Waals surface area contributed by atoms with Crippen molar-refractivity contribution in [3.8, 4) is 0 Å². The molecule has 1 unspecified atom stereocenters. The zero-order chi connectivity index (χ0) is 10.7. The largest absolute Gasteiger partial charge is 0.448 e.